The fourth-order valence-electron chi connectivity index (χ4n) is 6.66. The number of halogens is 1. The van der Waals surface area contributed by atoms with Gasteiger partial charge in [-0.3, -0.25) is 9.59 Å². The van der Waals surface area contributed by atoms with Gasteiger partial charge in [-0.15, -0.1) is 23.7 Å². The number of primary amides is 1. The number of carbonyl (C=O) groups excluding carboxylic acids is 2. The van der Waals surface area contributed by atoms with E-state index in [1.165, 1.54) is 35.6 Å². The van der Waals surface area contributed by atoms with Gasteiger partial charge >= 0.3 is 0 Å². The molecule has 202 valence electrons. The molecule has 2 aliphatic heterocycles. The van der Waals surface area contributed by atoms with Crippen LogP contribution >= 0.6 is 23.7 Å². The molecule has 3 heterocycles. The zero-order chi connectivity index (χ0) is 26.0. The minimum absolute atomic E-state index is 0. The van der Waals surface area contributed by atoms with Crippen molar-refractivity contribution in [3.8, 4) is 0 Å². The first-order valence-electron chi connectivity index (χ1n) is 12.3. The average molecular weight is 567 g/mol. The summed E-state index contributed by atoms with van der Waals surface area (Å²) in [5.41, 5.74) is 7.38. The standard InChI is InChI=1S/C26H34N4O4S2.ClH/c1-25(2)11-17-12-26(3,14-25)15-30(17)36(33,34)18-7-5-16(6-8-18)23(32)28-24-21(22(27)31)19-9-10-29(4)13-20(19)35-24;/h5-8,17H,9-15H2,1-4H3,(H2,27,31)(H,28,32);1H. The highest BCUT2D eigenvalue weighted by molar-refractivity contribution is 7.89. The molecule has 0 radical (unpaired) electrons. The summed E-state index contributed by atoms with van der Waals surface area (Å²) in [5.74, 6) is -0.957. The molecule has 37 heavy (non-hydrogen) atoms. The van der Waals surface area contributed by atoms with Gasteiger partial charge in [0, 0.05) is 36.1 Å². The molecule has 1 aliphatic carbocycles. The van der Waals surface area contributed by atoms with Crippen LogP contribution in [0.25, 0.3) is 0 Å². The van der Waals surface area contributed by atoms with Crippen molar-refractivity contribution in [1.82, 2.24) is 9.21 Å². The SMILES string of the molecule is CN1CCc2c(sc(NC(=O)c3ccc(S(=O)(=O)N4CC5(C)CC4CC(C)(C)C5)cc3)c2C(N)=O)C1.Cl. The number of amides is 2. The second kappa shape index (κ2) is 9.64. The van der Waals surface area contributed by atoms with E-state index < -0.39 is 21.8 Å². The number of hydrogen-bond donors (Lipinski definition) is 2. The number of sulfonamides is 1. The highest BCUT2D eigenvalue weighted by Crippen LogP contribution is 2.53. The van der Waals surface area contributed by atoms with Crippen LogP contribution in [0, 0.1) is 10.8 Å². The van der Waals surface area contributed by atoms with E-state index in [2.05, 4.69) is 31.0 Å². The Balaban J connectivity index is 0.00000320. The molecule has 1 saturated heterocycles. The van der Waals surface area contributed by atoms with Crippen molar-refractivity contribution in [3.05, 3.63) is 45.8 Å². The van der Waals surface area contributed by atoms with E-state index in [1.54, 1.807) is 4.31 Å². The van der Waals surface area contributed by atoms with Crippen molar-refractivity contribution in [2.75, 3.05) is 25.5 Å². The van der Waals surface area contributed by atoms with Gasteiger partial charge in [-0.1, -0.05) is 20.8 Å². The van der Waals surface area contributed by atoms with Gasteiger partial charge < -0.3 is 16.0 Å². The van der Waals surface area contributed by atoms with Crippen molar-refractivity contribution < 1.29 is 18.0 Å². The molecule has 0 spiro atoms. The molecule has 1 saturated carbocycles. The monoisotopic (exact) mass is 566 g/mol. The fourth-order valence-corrected chi connectivity index (χ4v) is 9.76. The molecule has 2 atom stereocenters. The van der Waals surface area contributed by atoms with Crippen LogP contribution in [0.15, 0.2) is 29.2 Å². The summed E-state index contributed by atoms with van der Waals surface area (Å²) >= 11 is 1.37. The lowest BCUT2D eigenvalue weighted by atomic mass is 9.65. The molecule has 3 N–H and O–H groups in total. The second-order valence-corrected chi connectivity index (χ2v) is 14.8. The number of fused-ring (bicyclic) bond motifs is 3. The fraction of sp³-hybridized carbons (Fsp3) is 0.538. The number of nitrogens with zero attached hydrogens (tertiary/aromatic N) is 2. The zero-order valence-corrected chi connectivity index (χ0v) is 24.1. The van der Waals surface area contributed by atoms with Crippen LogP contribution < -0.4 is 11.1 Å². The predicted molar refractivity (Wildman–Crippen MR) is 148 cm³/mol. The van der Waals surface area contributed by atoms with Crippen molar-refractivity contribution in [3.63, 3.8) is 0 Å². The van der Waals surface area contributed by atoms with Crippen molar-refractivity contribution in [2.45, 2.75) is 63.9 Å². The molecule has 2 fully saturated rings. The number of likely N-dealkylation sites (N-methyl/N-ethyl adjacent to an activating group) is 1. The Labute approximate surface area is 229 Å². The van der Waals surface area contributed by atoms with E-state index >= 15 is 0 Å². The normalized spacial score (nSPS) is 25.2. The van der Waals surface area contributed by atoms with Gasteiger partial charge in [0.2, 0.25) is 10.0 Å². The topological polar surface area (TPSA) is 113 Å². The van der Waals surface area contributed by atoms with E-state index in [4.69, 9.17) is 5.73 Å². The van der Waals surface area contributed by atoms with Crippen LogP contribution in [0.4, 0.5) is 5.00 Å². The van der Waals surface area contributed by atoms with E-state index in [0.29, 0.717) is 35.6 Å². The van der Waals surface area contributed by atoms with Gasteiger partial charge in [-0.2, -0.15) is 4.31 Å². The summed E-state index contributed by atoms with van der Waals surface area (Å²) in [6, 6.07) is 6.07. The van der Waals surface area contributed by atoms with E-state index in [9.17, 15) is 18.0 Å². The summed E-state index contributed by atoms with van der Waals surface area (Å²) in [6.45, 7) is 8.67. The Bertz CT molecular complexity index is 1340. The molecular formula is C26H35ClN4O4S2. The van der Waals surface area contributed by atoms with Crippen LogP contribution in [0.1, 0.15) is 71.2 Å². The lowest BCUT2D eigenvalue weighted by molar-refractivity contribution is 0.1000. The number of nitrogens with two attached hydrogens (primary N) is 1. The Hall–Kier alpha value is -1.98. The maximum atomic E-state index is 13.5. The third kappa shape index (κ3) is 5.18. The molecular weight excluding hydrogens is 532 g/mol. The highest BCUT2D eigenvalue weighted by Gasteiger charge is 2.53. The van der Waals surface area contributed by atoms with Crippen LogP contribution in [0.2, 0.25) is 0 Å². The first kappa shape index (κ1) is 28.0. The molecule has 11 heteroatoms. The first-order valence-corrected chi connectivity index (χ1v) is 14.6. The number of anilines is 1. The first-order chi connectivity index (χ1) is 16.8. The van der Waals surface area contributed by atoms with Crippen molar-refractivity contribution >= 4 is 50.6 Å². The number of carbonyl (C=O) groups is 2. The van der Waals surface area contributed by atoms with Gasteiger partial charge in [-0.25, -0.2) is 8.42 Å². The quantitative estimate of drug-likeness (QED) is 0.566. The molecule has 1 aromatic heterocycles. The summed E-state index contributed by atoms with van der Waals surface area (Å²) in [5, 5.41) is 3.29. The van der Waals surface area contributed by atoms with Crippen molar-refractivity contribution in [1.29, 1.82) is 0 Å². The van der Waals surface area contributed by atoms with E-state index in [-0.39, 0.29) is 34.2 Å². The molecule has 8 nitrogen and oxygen atoms in total. The Morgan fingerprint density at radius 3 is 2.46 bits per heavy atom. The highest BCUT2D eigenvalue weighted by atomic mass is 35.5. The molecule has 2 aromatic rings. The maximum absolute atomic E-state index is 13.5. The molecule has 3 aliphatic rings. The second-order valence-electron chi connectivity index (χ2n) is 11.8. The number of benzene rings is 1. The third-order valence-corrected chi connectivity index (χ3v) is 10.9. The Morgan fingerprint density at radius 1 is 1.14 bits per heavy atom. The minimum Gasteiger partial charge on any atom is -0.365 e. The van der Waals surface area contributed by atoms with E-state index in [1.807, 2.05) is 7.05 Å². The number of hydrogen-bond acceptors (Lipinski definition) is 6. The number of thiophene rings is 1. The van der Waals surface area contributed by atoms with Gasteiger partial charge in [-0.05, 0) is 73.4 Å². The maximum Gasteiger partial charge on any atom is 0.256 e. The van der Waals surface area contributed by atoms with Gasteiger partial charge in [0.25, 0.3) is 11.8 Å². The number of rotatable bonds is 5. The van der Waals surface area contributed by atoms with Crippen LogP contribution in [-0.2, 0) is 23.0 Å². The predicted octanol–water partition coefficient (Wildman–Crippen LogP) is 4.10. The minimum atomic E-state index is -3.67. The van der Waals surface area contributed by atoms with Gasteiger partial charge in [0.15, 0.2) is 0 Å². The van der Waals surface area contributed by atoms with Crippen molar-refractivity contribution in [2.24, 2.45) is 16.6 Å². The van der Waals surface area contributed by atoms with Crippen LogP contribution in [0.3, 0.4) is 0 Å². The Morgan fingerprint density at radius 2 is 1.81 bits per heavy atom. The van der Waals surface area contributed by atoms with E-state index in [0.717, 1.165) is 36.2 Å². The molecule has 2 bridgehead atoms. The summed E-state index contributed by atoms with van der Waals surface area (Å²) in [6.07, 6.45) is 3.46. The smallest absolute Gasteiger partial charge is 0.256 e. The largest absolute Gasteiger partial charge is 0.365 e. The third-order valence-electron chi connectivity index (χ3n) is 7.81. The molecule has 2 amide bonds. The summed E-state index contributed by atoms with van der Waals surface area (Å²) in [4.78, 5) is 28.6. The number of nitrogens with one attached hydrogen (secondary N) is 1. The molecule has 1 aromatic carbocycles. The summed E-state index contributed by atoms with van der Waals surface area (Å²) in [7, 11) is -1.66. The lowest BCUT2D eigenvalue weighted by Gasteiger charge is -2.39. The molecule has 2 unspecified atom stereocenters. The Kier molecular flexibility index (Phi) is 7.31. The summed E-state index contributed by atoms with van der Waals surface area (Å²) < 4.78 is 28.7. The zero-order valence-electron chi connectivity index (χ0n) is 21.7. The van der Waals surface area contributed by atoms with Crippen LogP contribution in [-0.4, -0.2) is 55.6 Å². The van der Waals surface area contributed by atoms with Gasteiger partial charge in [0.1, 0.15) is 5.00 Å². The average Bonchev–Trinajstić information content (AvgIpc) is 3.26. The lowest BCUT2D eigenvalue weighted by Crippen LogP contribution is -2.37. The van der Waals surface area contributed by atoms with Gasteiger partial charge in [0.05, 0.1) is 10.5 Å². The van der Waals surface area contributed by atoms with Crippen LogP contribution in [0.5, 0.6) is 0 Å². The molecule has 5 rings (SSSR count).